The molecule has 43 valence electrons. The van der Waals surface area contributed by atoms with E-state index in [9.17, 15) is 0 Å². The molecule has 0 aromatic heterocycles. The molecule has 0 unspecified atom stereocenters. The van der Waals surface area contributed by atoms with Gasteiger partial charge in [-0.05, 0) is 13.1 Å². The fourth-order valence-electron chi connectivity index (χ4n) is 0.250. The van der Waals surface area contributed by atoms with Crippen molar-refractivity contribution < 1.29 is 9.53 Å². The van der Waals surface area contributed by atoms with Gasteiger partial charge in [-0.25, -0.2) is 0 Å². The second-order valence-electron chi connectivity index (χ2n) is 1.48. The lowest BCUT2D eigenvalue weighted by Gasteiger charge is -2.00. The summed E-state index contributed by atoms with van der Waals surface area (Å²) in [6, 6.07) is 0. The zero-order chi connectivity index (χ0) is 5.70. The van der Waals surface area contributed by atoms with Crippen LogP contribution in [0.3, 0.4) is 0 Å². The van der Waals surface area contributed by atoms with Gasteiger partial charge in [-0.2, -0.15) is 0 Å². The van der Waals surface area contributed by atoms with E-state index in [1.54, 1.807) is 0 Å². The molecule has 0 bridgehead atoms. The summed E-state index contributed by atoms with van der Waals surface area (Å²) in [6.07, 6.45) is 0. The van der Waals surface area contributed by atoms with Crippen LogP contribution in [0.2, 0.25) is 13.1 Å². The second kappa shape index (κ2) is 4.30. The molecule has 7 heavy (non-hydrogen) atoms. The monoisotopic (exact) mass is 119 g/mol. The lowest BCUT2D eigenvalue weighted by Crippen LogP contribution is -2.10. The zero-order valence-corrected chi connectivity index (χ0v) is 5.77. The maximum Gasteiger partial charge on any atom is 0.205 e. The minimum atomic E-state index is -0.557. The van der Waals surface area contributed by atoms with Gasteiger partial charge in [0.15, 0.2) is 0 Å². The van der Waals surface area contributed by atoms with Crippen LogP contribution in [0.4, 0.5) is 0 Å². The molecule has 0 aromatic rings. The number of aliphatic hydroxyl groups is 1. The van der Waals surface area contributed by atoms with Crippen molar-refractivity contribution in [2.75, 3.05) is 13.2 Å². The maximum absolute atomic E-state index is 8.21. The minimum Gasteiger partial charge on any atom is -0.415 e. The van der Waals surface area contributed by atoms with E-state index >= 15 is 0 Å². The third kappa shape index (κ3) is 6.14. The van der Waals surface area contributed by atoms with E-state index in [1.165, 1.54) is 0 Å². The molecule has 0 amide bonds. The molecule has 3 heteroatoms. The van der Waals surface area contributed by atoms with E-state index in [2.05, 4.69) is 0 Å². The number of hydrogen-bond acceptors (Lipinski definition) is 2. The smallest absolute Gasteiger partial charge is 0.205 e. The van der Waals surface area contributed by atoms with Crippen LogP contribution in [0.15, 0.2) is 0 Å². The average molecular weight is 119 g/mol. The van der Waals surface area contributed by atoms with Crippen LogP contribution in [0.1, 0.15) is 0 Å². The maximum atomic E-state index is 8.21. The number of rotatable bonds is 3. The summed E-state index contributed by atoms with van der Waals surface area (Å²) >= 11 is 0. The standard InChI is InChI=1S/C4H11O2Si/c1-7(2)6-4-3-5/h5H,3-4H2,1-2H3. The Hall–Kier alpha value is 0.137. The van der Waals surface area contributed by atoms with Gasteiger partial charge in [0.05, 0.1) is 13.2 Å². The van der Waals surface area contributed by atoms with Gasteiger partial charge >= 0.3 is 0 Å². The summed E-state index contributed by atoms with van der Waals surface area (Å²) in [6.45, 7) is 4.73. The predicted octanol–water partition coefficient (Wildman–Crippen LogP) is 0.246. The Balaban J connectivity index is 2.68. The molecule has 2 nitrogen and oxygen atoms in total. The van der Waals surface area contributed by atoms with Crippen molar-refractivity contribution in [2.45, 2.75) is 13.1 Å². The normalized spacial score (nSPS) is 10.3. The van der Waals surface area contributed by atoms with Crippen molar-refractivity contribution in [3.05, 3.63) is 0 Å². The predicted molar refractivity (Wildman–Crippen MR) is 30.5 cm³/mol. The van der Waals surface area contributed by atoms with Gasteiger partial charge in [-0.3, -0.25) is 0 Å². The quantitative estimate of drug-likeness (QED) is 0.539. The van der Waals surface area contributed by atoms with E-state index < -0.39 is 9.04 Å². The van der Waals surface area contributed by atoms with Gasteiger partial charge in [0.2, 0.25) is 9.04 Å². The Morgan fingerprint density at radius 1 is 1.57 bits per heavy atom. The summed E-state index contributed by atoms with van der Waals surface area (Å²) in [7, 11) is -0.557. The SMILES string of the molecule is C[Si](C)OCCO. The van der Waals surface area contributed by atoms with Crippen LogP contribution in [-0.2, 0) is 4.43 Å². The number of aliphatic hydroxyl groups excluding tert-OH is 1. The fraction of sp³-hybridized carbons (Fsp3) is 1.00. The molecule has 0 saturated heterocycles. The van der Waals surface area contributed by atoms with Crippen LogP contribution >= 0.6 is 0 Å². The second-order valence-corrected chi connectivity index (χ2v) is 3.59. The molecule has 0 spiro atoms. The highest BCUT2D eigenvalue weighted by atomic mass is 28.3. The Kier molecular flexibility index (Phi) is 4.38. The molecule has 1 radical (unpaired) electrons. The third-order valence-corrected chi connectivity index (χ3v) is 1.26. The van der Waals surface area contributed by atoms with Crippen molar-refractivity contribution >= 4 is 9.04 Å². The summed E-state index contributed by atoms with van der Waals surface area (Å²) in [5.41, 5.74) is 0. The summed E-state index contributed by atoms with van der Waals surface area (Å²) < 4.78 is 5.04. The van der Waals surface area contributed by atoms with Crippen molar-refractivity contribution in [1.29, 1.82) is 0 Å². The first-order chi connectivity index (χ1) is 3.27. The zero-order valence-electron chi connectivity index (χ0n) is 4.77. The van der Waals surface area contributed by atoms with Crippen LogP contribution in [0.5, 0.6) is 0 Å². The van der Waals surface area contributed by atoms with Gasteiger partial charge in [-0.1, -0.05) is 0 Å². The van der Waals surface area contributed by atoms with Gasteiger partial charge in [-0.15, -0.1) is 0 Å². The largest absolute Gasteiger partial charge is 0.415 e. The summed E-state index contributed by atoms with van der Waals surface area (Å²) in [4.78, 5) is 0. The Morgan fingerprint density at radius 2 is 2.14 bits per heavy atom. The summed E-state index contributed by atoms with van der Waals surface area (Å²) in [5.74, 6) is 0. The molecular formula is C4H11O2Si. The van der Waals surface area contributed by atoms with Crippen molar-refractivity contribution in [2.24, 2.45) is 0 Å². The molecule has 0 saturated carbocycles. The fourth-order valence-corrected chi connectivity index (χ4v) is 0.749. The first kappa shape index (κ1) is 7.14. The van der Waals surface area contributed by atoms with Gasteiger partial charge in [0.25, 0.3) is 0 Å². The van der Waals surface area contributed by atoms with Gasteiger partial charge in [0.1, 0.15) is 0 Å². The van der Waals surface area contributed by atoms with E-state index in [0.29, 0.717) is 6.61 Å². The van der Waals surface area contributed by atoms with Crippen LogP contribution in [-0.4, -0.2) is 27.4 Å². The van der Waals surface area contributed by atoms with Crippen LogP contribution < -0.4 is 0 Å². The van der Waals surface area contributed by atoms with E-state index in [-0.39, 0.29) is 6.61 Å². The van der Waals surface area contributed by atoms with Gasteiger partial charge < -0.3 is 9.53 Å². The molecular weight excluding hydrogens is 108 g/mol. The van der Waals surface area contributed by atoms with Crippen molar-refractivity contribution in [1.82, 2.24) is 0 Å². The lowest BCUT2D eigenvalue weighted by atomic mass is 10.8. The van der Waals surface area contributed by atoms with Crippen LogP contribution in [0, 0.1) is 0 Å². The molecule has 0 aliphatic rings. The Labute approximate surface area is 45.8 Å². The van der Waals surface area contributed by atoms with Crippen molar-refractivity contribution in [3.63, 3.8) is 0 Å². The molecule has 0 fully saturated rings. The molecule has 0 heterocycles. The molecule has 1 N–H and O–H groups in total. The van der Waals surface area contributed by atoms with E-state index in [1.807, 2.05) is 13.1 Å². The lowest BCUT2D eigenvalue weighted by molar-refractivity contribution is 0.203. The Bertz CT molecular complexity index is 38.7. The topological polar surface area (TPSA) is 29.5 Å². The number of hydrogen-bond donors (Lipinski definition) is 1. The highest BCUT2D eigenvalue weighted by Crippen LogP contribution is 1.79. The minimum absolute atomic E-state index is 0.149. The highest BCUT2D eigenvalue weighted by molar-refractivity contribution is 6.48. The molecule has 0 aromatic carbocycles. The average Bonchev–Trinajstić information content (AvgIpc) is 1.61. The third-order valence-electron chi connectivity index (χ3n) is 0.482. The molecule has 0 atom stereocenters. The first-order valence-electron chi connectivity index (χ1n) is 2.31. The molecule has 0 rings (SSSR count). The van der Waals surface area contributed by atoms with Crippen molar-refractivity contribution in [3.8, 4) is 0 Å². The highest BCUT2D eigenvalue weighted by Gasteiger charge is 1.92. The van der Waals surface area contributed by atoms with Gasteiger partial charge in [0, 0.05) is 0 Å². The van der Waals surface area contributed by atoms with E-state index in [0.717, 1.165) is 0 Å². The van der Waals surface area contributed by atoms with Crippen LogP contribution in [0.25, 0.3) is 0 Å². The molecule has 0 aliphatic heterocycles. The van der Waals surface area contributed by atoms with E-state index in [4.69, 9.17) is 9.53 Å². The molecule has 0 aliphatic carbocycles. The first-order valence-corrected chi connectivity index (χ1v) is 4.72. The Morgan fingerprint density at radius 3 is 2.29 bits per heavy atom. The summed E-state index contributed by atoms with van der Waals surface area (Å²) in [5, 5.41) is 8.21.